The highest BCUT2D eigenvalue weighted by molar-refractivity contribution is 6.29. The van der Waals surface area contributed by atoms with Crippen molar-refractivity contribution < 1.29 is 14.3 Å². The SMILES string of the molecule is O=C1c2ccccc2-c2c3cc([O-])oc3cc3cccc1c23. The molecule has 0 N–H and O–H groups in total. The van der Waals surface area contributed by atoms with E-state index in [1.54, 1.807) is 0 Å². The zero-order valence-corrected chi connectivity index (χ0v) is 11.4. The molecule has 0 saturated carbocycles. The van der Waals surface area contributed by atoms with Crippen molar-refractivity contribution in [2.75, 3.05) is 0 Å². The van der Waals surface area contributed by atoms with E-state index in [-0.39, 0.29) is 11.7 Å². The number of carbonyl (C=O) groups is 1. The van der Waals surface area contributed by atoms with Crippen molar-refractivity contribution in [1.82, 2.24) is 0 Å². The lowest BCUT2D eigenvalue weighted by Crippen LogP contribution is -2.09. The van der Waals surface area contributed by atoms with Gasteiger partial charge in [0.15, 0.2) is 5.78 Å². The van der Waals surface area contributed by atoms with Gasteiger partial charge in [-0.15, -0.1) is 0 Å². The second kappa shape index (κ2) is 3.77. The Balaban J connectivity index is 2.14. The second-order valence-electron chi connectivity index (χ2n) is 5.51. The fraction of sp³-hybridized carbons (Fsp3) is 0. The van der Waals surface area contributed by atoms with Crippen molar-refractivity contribution in [3.8, 4) is 17.1 Å². The highest BCUT2D eigenvalue weighted by Gasteiger charge is 2.26. The van der Waals surface area contributed by atoms with E-state index in [4.69, 9.17) is 4.42 Å². The molecule has 0 unspecified atom stereocenters. The Morgan fingerprint density at radius 2 is 1.64 bits per heavy atom. The van der Waals surface area contributed by atoms with E-state index in [0.29, 0.717) is 16.7 Å². The molecule has 22 heavy (non-hydrogen) atoms. The molecule has 1 heterocycles. The Bertz CT molecular complexity index is 1100. The first kappa shape index (κ1) is 11.6. The third-order valence-electron chi connectivity index (χ3n) is 4.33. The van der Waals surface area contributed by atoms with Gasteiger partial charge in [-0.2, -0.15) is 0 Å². The van der Waals surface area contributed by atoms with E-state index in [9.17, 15) is 9.90 Å². The van der Waals surface area contributed by atoms with Gasteiger partial charge in [0, 0.05) is 22.1 Å². The Hall–Kier alpha value is -3.07. The number of carbonyl (C=O) groups excluding carboxylic acids is 1. The lowest BCUT2D eigenvalue weighted by atomic mass is 9.81. The van der Waals surface area contributed by atoms with Crippen LogP contribution in [0.4, 0.5) is 0 Å². The van der Waals surface area contributed by atoms with Crippen LogP contribution in [0.15, 0.2) is 59.0 Å². The Morgan fingerprint density at radius 1 is 0.864 bits per heavy atom. The first-order valence-corrected chi connectivity index (χ1v) is 7.04. The van der Waals surface area contributed by atoms with Gasteiger partial charge in [-0.1, -0.05) is 42.5 Å². The quantitative estimate of drug-likeness (QED) is 0.434. The largest absolute Gasteiger partial charge is 0.579 e. The Morgan fingerprint density at radius 3 is 2.50 bits per heavy atom. The average Bonchev–Trinajstić information content (AvgIpc) is 2.90. The molecule has 1 aromatic heterocycles. The molecule has 1 aliphatic carbocycles. The van der Waals surface area contributed by atoms with Crippen LogP contribution in [-0.4, -0.2) is 5.78 Å². The van der Waals surface area contributed by atoms with E-state index in [2.05, 4.69) is 0 Å². The molecule has 1 aliphatic rings. The standard InChI is InChI=1S/C19H10O3/c20-16-9-14-15(22-16)8-10-4-3-7-13-17(10)18(14)11-5-1-2-6-12(11)19(13)21/h1-9,20H/p-1. The molecule has 0 amide bonds. The van der Waals surface area contributed by atoms with Crippen LogP contribution in [0, 0.1) is 0 Å². The minimum atomic E-state index is -0.363. The number of hydrogen-bond acceptors (Lipinski definition) is 3. The lowest BCUT2D eigenvalue weighted by Gasteiger charge is -2.21. The summed E-state index contributed by atoms with van der Waals surface area (Å²) >= 11 is 0. The fourth-order valence-electron chi connectivity index (χ4n) is 3.44. The first-order valence-electron chi connectivity index (χ1n) is 7.04. The Labute approximate surface area is 125 Å². The maximum absolute atomic E-state index is 12.8. The summed E-state index contributed by atoms with van der Waals surface area (Å²) in [6.45, 7) is 0. The summed E-state index contributed by atoms with van der Waals surface area (Å²) in [7, 11) is 0. The third-order valence-corrected chi connectivity index (χ3v) is 4.33. The topological polar surface area (TPSA) is 53.3 Å². The van der Waals surface area contributed by atoms with Gasteiger partial charge >= 0.3 is 0 Å². The number of ketones is 1. The van der Waals surface area contributed by atoms with Gasteiger partial charge in [-0.05, 0) is 34.0 Å². The summed E-state index contributed by atoms with van der Waals surface area (Å²) in [6.07, 6.45) is 0. The van der Waals surface area contributed by atoms with E-state index < -0.39 is 0 Å². The van der Waals surface area contributed by atoms with Gasteiger partial charge in [0.05, 0.1) is 5.95 Å². The van der Waals surface area contributed by atoms with Crippen LogP contribution in [0.3, 0.4) is 0 Å². The summed E-state index contributed by atoms with van der Waals surface area (Å²) in [5.41, 5.74) is 3.70. The summed E-state index contributed by atoms with van der Waals surface area (Å²) in [5.74, 6) is -0.337. The lowest BCUT2D eigenvalue weighted by molar-refractivity contribution is -0.292. The van der Waals surface area contributed by atoms with Crippen LogP contribution >= 0.6 is 0 Å². The molecule has 0 radical (unpaired) electrons. The van der Waals surface area contributed by atoms with Crippen molar-refractivity contribution >= 4 is 27.5 Å². The minimum Gasteiger partial charge on any atom is -0.579 e. The van der Waals surface area contributed by atoms with Crippen LogP contribution in [0.5, 0.6) is 5.95 Å². The molecular formula is C19H9O3-. The van der Waals surface area contributed by atoms with Crippen molar-refractivity contribution in [1.29, 1.82) is 0 Å². The molecule has 3 nitrogen and oxygen atoms in total. The normalized spacial score (nSPS) is 12.8. The van der Waals surface area contributed by atoms with Crippen molar-refractivity contribution in [2.45, 2.75) is 0 Å². The van der Waals surface area contributed by atoms with Crippen LogP contribution in [0.25, 0.3) is 32.9 Å². The molecule has 3 aromatic carbocycles. The van der Waals surface area contributed by atoms with Crippen LogP contribution in [-0.2, 0) is 0 Å². The molecule has 0 spiro atoms. The van der Waals surface area contributed by atoms with Crippen LogP contribution in [0.1, 0.15) is 15.9 Å². The summed E-state index contributed by atoms with van der Waals surface area (Å²) in [6, 6.07) is 16.5. The number of benzene rings is 3. The monoisotopic (exact) mass is 285 g/mol. The average molecular weight is 285 g/mol. The summed E-state index contributed by atoms with van der Waals surface area (Å²) in [4.78, 5) is 12.8. The predicted octanol–water partition coefficient (Wildman–Crippen LogP) is 3.87. The fourth-order valence-corrected chi connectivity index (χ4v) is 3.44. The molecule has 0 aliphatic heterocycles. The maximum Gasteiger partial charge on any atom is 0.194 e. The molecule has 5 rings (SSSR count). The minimum absolute atomic E-state index is 0.0268. The number of fused-ring (bicyclic) bond motifs is 4. The number of rotatable bonds is 0. The van der Waals surface area contributed by atoms with E-state index in [1.807, 2.05) is 48.5 Å². The van der Waals surface area contributed by atoms with Gasteiger partial charge in [-0.3, -0.25) is 4.79 Å². The summed E-state index contributed by atoms with van der Waals surface area (Å²) in [5, 5.41) is 14.3. The molecule has 0 fully saturated rings. The molecule has 0 atom stereocenters. The number of hydrogen-bond donors (Lipinski definition) is 0. The van der Waals surface area contributed by atoms with Gasteiger partial charge in [0.2, 0.25) is 0 Å². The Kier molecular flexibility index (Phi) is 1.98. The van der Waals surface area contributed by atoms with E-state index in [1.165, 1.54) is 6.07 Å². The summed E-state index contributed by atoms with van der Waals surface area (Å²) < 4.78 is 5.28. The predicted molar refractivity (Wildman–Crippen MR) is 82.0 cm³/mol. The van der Waals surface area contributed by atoms with Gasteiger partial charge in [-0.25, -0.2) is 0 Å². The van der Waals surface area contributed by atoms with E-state index in [0.717, 1.165) is 27.3 Å². The molecule has 104 valence electrons. The van der Waals surface area contributed by atoms with Crippen molar-refractivity contribution in [3.63, 3.8) is 0 Å². The highest BCUT2D eigenvalue weighted by Crippen LogP contribution is 2.44. The molecule has 4 aromatic rings. The second-order valence-corrected chi connectivity index (χ2v) is 5.51. The maximum atomic E-state index is 12.8. The highest BCUT2D eigenvalue weighted by atomic mass is 16.5. The van der Waals surface area contributed by atoms with Crippen molar-refractivity contribution in [3.05, 3.63) is 65.7 Å². The van der Waals surface area contributed by atoms with Gasteiger partial charge < -0.3 is 9.52 Å². The molecule has 0 bridgehead atoms. The molecule has 3 heteroatoms. The first-order chi connectivity index (χ1) is 10.7. The van der Waals surface area contributed by atoms with Crippen molar-refractivity contribution in [2.24, 2.45) is 0 Å². The zero-order valence-electron chi connectivity index (χ0n) is 11.4. The molecule has 0 saturated heterocycles. The number of furan rings is 1. The van der Waals surface area contributed by atoms with Crippen LogP contribution in [0.2, 0.25) is 0 Å². The molecular weight excluding hydrogens is 276 g/mol. The van der Waals surface area contributed by atoms with Gasteiger partial charge in [0.25, 0.3) is 0 Å². The smallest absolute Gasteiger partial charge is 0.194 e. The van der Waals surface area contributed by atoms with Gasteiger partial charge in [0.1, 0.15) is 0 Å². The zero-order chi connectivity index (χ0) is 14.8. The van der Waals surface area contributed by atoms with E-state index >= 15 is 0 Å². The van der Waals surface area contributed by atoms with Crippen LogP contribution < -0.4 is 5.11 Å². The third kappa shape index (κ3) is 1.28.